The summed E-state index contributed by atoms with van der Waals surface area (Å²) in [5.74, 6) is 1.41. The molecule has 0 aromatic carbocycles. The molecule has 0 saturated carbocycles. The third-order valence-corrected chi connectivity index (χ3v) is 4.04. The minimum Gasteiger partial charge on any atom is -0.355 e. The molecule has 1 saturated heterocycles. The molecule has 6 nitrogen and oxygen atoms in total. The number of sulfonamides is 1. The first kappa shape index (κ1) is 14.2. The molecule has 1 atom stereocenters. The van der Waals surface area contributed by atoms with Gasteiger partial charge in [0.05, 0.1) is 12.5 Å². The second kappa shape index (κ2) is 6.29. The summed E-state index contributed by atoms with van der Waals surface area (Å²) >= 11 is 0. The van der Waals surface area contributed by atoms with Crippen molar-refractivity contribution in [3.8, 4) is 0 Å². The van der Waals surface area contributed by atoms with E-state index in [1.807, 2.05) is 0 Å². The average Bonchev–Trinajstić information content (AvgIpc) is 2.39. The second-order valence-electron chi connectivity index (χ2n) is 4.97. The highest BCUT2D eigenvalue weighted by molar-refractivity contribution is 7.88. The van der Waals surface area contributed by atoms with E-state index in [0.29, 0.717) is 12.5 Å². The van der Waals surface area contributed by atoms with E-state index in [4.69, 9.17) is 0 Å². The number of rotatable bonds is 5. The normalized spacial score (nSPS) is 20.5. The van der Waals surface area contributed by atoms with Crippen LogP contribution in [0, 0.1) is 5.92 Å². The molecule has 1 fully saturated rings. The van der Waals surface area contributed by atoms with Crippen LogP contribution in [0.3, 0.4) is 0 Å². The zero-order chi connectivity index (χ0) is 13.7. The lowest BCUT2D eigenvalue weighted by Crippen LogP contribution is -2.37. The number of nitrogens with zero attached hydrogens (tertiary/aromatic N) is 3. The summed E-state index contributed by atoms with van der Waals surface area (Å²) in [4.78, 5) is 10.6. The maximum Gasteiger partial charge on any atom is 0.208 e. The maximum atomic E-state index is 11.0. The van der Waals surface area contributed by atoms with E-state index in [2.05, 4.69) is 19.6 Å². The summed E-state index contributed by atoms with van der Waals surface area (Å²) < 4.78 is 24.6. The highest BCUT2D eigenvalue weighted by Gasteiger charge is 2.20. The zero-order valence-electron chi connectivity index (χ0n) is 11.1. The van der Waals surface area contributed by atoms with Gasteiger partial charge in [0.2, 0.25) is 10.0 Å². The second-order valence-corrected chi connectivity index (χ2v) is 6.81. The molecule has 2 rings (SSSR count). The summed E-state index contributed by atoms with van der Waals surface area (Å²) in [6.07, 6.45) is 9.45. The van der Waals surface area contributed by atoms with Crippen LogP contribution in [0.4, 0.5) is 5.82 Å². The summed E-state index contributed by atoms with van der Waals surface area (Å²) in [7, 11) is -3.08. The first-order valence-corrected chi connectivity index (χ1v) is 8.39. The number of anilines is 1. The number of hydrogen-bond donors (Lipinski definition) is 1. The van der Waals surface area contributed by atoms with Crippen molar-refractivity contribution in [2.75, 3.05) is 30.8 Å². The molecule has 0 aliphatic carbocycles. The van der Waals surface area contributed by atoms with Gasteiger partial charge in [-0.3, -0.25) is 4.98 Å². The van der Waals surface area contributed by atoms with Gasteiger partial charge in [0.1, 0.15) is 5.82 Å². The van der Waals surface area contributed by atoms with Gasteiger partial charge < -0.3 is 4.90 Å². The van der Waals surface area contributed by atoms with Crippen molar-refractivity contribution in [1.29, 1.82) is 0 Å². The van der Waals surface area contributed by atoms with Crippen molar-refractivity contribution in [2.45, 2.75) is 19.3 Å². The van der Waals surface area contributed by atoms with E-state index < -0.39 is 10.0 Å². The van der Waals surface area contributed by atoms with Gasteiger partial charge in [-0.05, 0) is 25.2 Å². The van der Waals surface area contributed by atoms with Crippen molar-refractivity contribution >= 4 is 15.8 Å². The van der Waals surface area contributed by atoms with E-state index >= 15 is 0 Å². The zero-order valence-corrected chi connectivity index (χ0v) is 11.9. The average molecular weight is 284 g/mol. The molecule has 1 aromatic heterocycles. The van der Waals surface area contributed by atoms with Crippen LogP contribution in [0.2, 0.25) is 0 Å². The minimum absolute atomic E-state index is 0.505. The standard InChI is InChI=1S/C12H20N4O2S/c1-19(17,18)15-5-4-11-3-2-8-16(10-11)12-9-13-6-7-14-12/h6-7,9,11,15H,2-5,8,10H2,1H3/t11-/m1/s1. The van der Waals surface area contributed by atoms with Crippen LogP contribution in [0.25, 0.3) is 0 Å². The van der Waals surface area contributed by atoms with Crippen molar-refractivity contribution in [1.82, 2.24) is 14.7 Å². The first-order chi connectivity index (χ1) is 9.04. The van der Waals surface area contributed by atoms with Crippen molar-refractivity contribution in [3.63, 3.8) is 0 Å². The van der Waals surface area contributed by atoms with Crippen LogP contribution in [0.1, 0.15) is 19.3 Å². The molecule has 1 aromatic rings. The van der Waals surface area contributed by atoms with Gasteiger partial charge in [-0.2, -0.15) is 0 Å². The molecular weight excluding hydrogens is 264 g/mol. The molecule has 0 unspecified atom stereocenters. The van der Waals surface area contributed by atoms with Crippen LogP contribution in [0.15, 0.2) is 18.6 Å². The topological polar surface area (TPSA) is 75.2 Å². The Morgan fingerprint density at radius 1 is 1.47 bits per heavy atom. The third kappa shape index (κ3) is 4.76. The maximum absolute atomic E-state index is 11.0. The fraction of sp³-hybridized carbons (Fsp3) is 0.667. The van der Waals surface area contributed by atoms with E-state index in [9.17, 15) is 8.42 Å². The first-order valence-electron chi connectivity index (χ1n) is 6.50. The Morgan fingerprint density at radius 2 is 2.32 bits per heavy atom. The molecule has 0 amide bonds. The lowest BCUT2D eigenvalue weighted by atomic mass is 9.95. The molecule has 1 aliphatic rings. The van der Waals surface area contributed by atoms with Crippen LogP contribution in [-0.2, 0) is 10.0 Å². The molecule has 7 heteroatoms. The van der Waals surface area contributed by atoms with Crippen LogP contribution in [0.5, 0.6) is 0 Å². The Bertz CT molecular complexity index is 492. The lowest BCUT2D eigenvalue weighted by Gasteiger charge is -2.33. The van der Waals surface area contributed by atoms with Gasteiger partial charge in [-0.15, -0.1) is 0 Å². The van der Waals surface area contributed by atoms with Gasteiger partial charge in [0, 0.05) is 32.0 Å². The monoisotopic (exact) mass is 284 g/mol. The summed E-state index contributed by atoms with van der Waals surface area (Å²) in [5, 5.41) is 0. The highest BCUT2D eigenvalue weighted by Crippen LogP contribution is 2.22. The van der Waals surface area contributed by atoms with Crippen molar-refractivity contribution in [2.24, 2.45) is 5.92 Å². The van der Waals surface area contributed by atoms with Crippen LogP contribution in [-0.4, -0.2) is 44.3 Å². The van der Waals surface area contributed by atoms with Gasteiger partial charge in [-0.25, -0.2) is 18.1 Å². The molecule has 0 spiro atoms. The van der Waals surface area contributed by atoms with E-state index in [0.717, 1.165) is 38.2 Å². The molecule has 0 bridgehead atoms. The predicted octanol–water partition coefficient (Wildman–Crippen LogP) is 0.632. The number of aromatic nitrogens is 2. The lowest BCUT2D eigenvalue weighted by molar-refractivity contribution is 0.389. The predicted molar refractivity (Wildman–Crippen MR) is 74.4 cm³/mol. The summed E-state index contributed by atoms with van der Waals surface area (Å²) in [6.45, 7) is 2.43. The Hall–Kier alpha value is -1.21. The molecule has 1 N–H and O–H groups in total. The van der Waals surface area contributed by atoms with Gasteiger partial charge >= 0.3 is 0 Å². The SMILES string of the molecule is CS(=O)(=O)NCC[C@H]1CCCN(c2cnccn2)C1. The number of piperidine rings is 1. The van der Waals surface area contributed by atoms with Crippen molar-refractivity contribution in [3.05, 3.63) is 18.6 Å². The minimum atomic E-state index is -3.08. The van der Waals surface area contributed by atoms with Gasteiger partial charge in [0.15, 0.2) is 0 Å². The summed E-state index contributed by atoms with van der Waals surface area (Å²) in [5.41, 5.74) is 0. The smallest absolute Gasteiger partial charge is 0.208 e. The molecular formula is C12H20N4O2S. The Morgan fingerprint density at radius 3 is 3.00 bits per heavy atom. The fourth-order valence-electron chi connectivity index (χ4n) is 2.41. The quantitative estimate of drug-likeness (QED) is 0.858. The largest absolute Gasteiger partial charge is 0.355 e. The van der Waals surface area contributed by atoms with E-state index in [1.165, 1.54) is 6.26 Å². The number of hydrogen-bond acceptors (Lipinski definition) is 5. The van der Waals surface area contributed by atoms with Crippen molar-refractivity contribution < 1.29 is 8.42 Å². The molecule has 0 radical (unpaired) electrons. The molecule has 106 valence electrons. The highest BCUT2D eigenvalue weighted by atomic mass is 32.2. The summed E-state index contributed by atoms with van der Waals surface area (Å²) in [6, 6.07) is 0. The van der Waals surface area contributed by atoms with Gasteiger partial charge in [0.25, 0.3) is 0 Å². The van der Waals surface area contributed by atoms with Gasteiger partial charge in [-0.1, -0.05) is 0 Å². The Labute approximate surface area is 114 Å². The molecule has 1 aliphatic heterocycles. The van der Waals surface area contributed by atoms with E-state index in [1.54, 1.807) is 18.6 Å². The molecule has 2 heterocycles. The Kier molecular flexibility index (Phi) is 4.71. The third-order valence-electron chi connectivity index (χ3n) is 3.31. The van der Waals surface area contributed by atoms with E-state index in [-0.39, 0.29) is 0 Å². The molecule has 19 heavy (non-hydrogen) atoms. The fourth-order valence-corrected chi connectivity index (χ4v) is 2.90. The van der Waals surface area contributed by atoms with Crippen LogP contribution >= 0.6 is 0 Å². The number of nitrogens with one attached hydrogen (secondary N) is 1. The Balaban J connectivity index is 1.84. The van der Waals surface area contributed by atoms with Crippen LogP contribution < -0.4 is 9.62 Å².